The number of imidazole rings is 1. The van der Waals surface area contributed by atoms with Crippen molar-refractivity contribution in [1.82, 2.24) is 19.9 Å². The summed E-state index contributed by atoms with van der Waals surface area (Å²) < 4.78 is 11.4. The molecule has 144 valence electrons. The average molecular weight is 390 g/mol. The summed E-state index contributed by atoms with van der Waals surface area (Å²) in [6.07, 6.45) is 0. The number of benzene rings is 2. The monoisotopic (exact) mass is 390 g/mol. The molecule has 29 heavy (non-hydrogen) atoms. The Morgan fingerprint density at radius 1 is 1.21 bits per heavy atom. The zero-order valence-electron chi connectivity index (χ0n) is 15.0. The second kappa shape index (κ2) is 6.44. The molecule has 10 heteroatoms. The van der Waals surface area contributed by atoms with E-state index in [1.54, 1.807) is 22.8 Å². The predicted octanol–water partition coefficient (Wildman–Crippen LogP) is 1.98. The van der Waals surface area contributed by atoms with E-state index in [2.05, 4.69) is 25.2 Å². The molecular formula is C19H14N6O4. The van der Waals surface area contributed by atoms with Crippen molar-refractivity contribution in [3.05, 3.63) is 53.6 Å². The van der Waals surface area contributed by atoms with Crippen LogP contribution in [-0.4, -0.2) is 31.7 Å². The normalized spacial score (nSPS) is 12.8. The maximum Gasteiger partial charge on any atom is 0.338 e. The number of ether oxygens (including phenoxy) is 1. The zero-order chi connectivity index (χ0) is 20.0. The van der Waals surface area contributed by atoms with Crippen molar-refractivity contribution in [2.24, 2.45) is 0 Å². The van der Waals surface area contributed by atoms with Crippen molar-refractivity contribution in [3.63, 3.8) is 0 Å². The fourth-order valence-electron chi connectivity index (χ4n) is 3.32. The number of nitrogens with one attached hydrogen (secondary N) is 1. The molecule has 1 aliphatic rings. The van der Waals surface area contributed by atoms with Gasteiger partial charge in [0, 0.05) is 11.3 Å². The van der Waals surface area contributed by atoms with Gasteiger partial charge in [0.05, 0.1) is 16.6 Å². The molecule has 2 aromatic carbocycles. The zero-order valence-corrected chi connectivity index (χ0v) is 15.0. The van der Waals surface area contributed by atoms with Crippen LogP contribution in [0.4, 0.5) is 11.5 Å². The number of esters is 1. The molecule has 0 fully saturated rings. The van der Waals surface area contributed by atoms with E-state index in [0.29, 0.717) is 22.6 Å². The minimum Gasteiger partial charge on any atom is -0.457 e. The molecule has 0 bridgehead atoms. The van der Waals surface area contributed by atoms with Crippen LogP contribution in [0.15, 0.2) is 47.1 Å². The van der Waals surface area contributed by atoms with E-state index in [0.717, 1.165) is 11.1 Å². The molecule has 0 aliphatic carbocycles. The maximum atomic E-state index is 12.7. The van der Waals surface area contributed by atoms with Crippen molar-refractivity contribution in [2.45, 2.75) is 13.2 Å². The number of nitrogens with zero attached hydrogens (tertiary/aromatic N) is 4. The first-order valence-corrected chi connectivity index (χ1v) is 8.74. The van der Waals surface area contributed by atoms with E-state index in [1.165, 1.54) is 0 Å². The smallest absolute Gasteiger partial charge is 0.338 e. The maximum absolute atomic E-state index is 12.7. The summed E-state index contributed by atoms with van der Waals surface area (Å²) in [5.41, 5.74) is 9.34. The lowest BCUT2D eigenvalue weighted by Crippen LogP contribution is -2.19. The van der Waals surface area contributed by atoms with Crippen molar-refractivity contribution in [3.8, 4) is 11.5 Å². The number of cyclic esters (lactones) is 1. The minimum absolute atomic E-state index is 0.0331. The quantitative estimate of drug-likeness (QED) is 0.504. The van der Waals surface area contributed by atoms with Gasteiger partial charge >= 0.3 is 5.97 Å². The van der Waals surface area contributed by atoms with E-state index >= 15 is 0 Å². The summed E-state index contributed by atoms with van der Waals surface area (Å²) in [5.74, 6) is -0.167. The van der Waals surface area contributed by atoms with Crippen molar-refractivity contribution >= 4 is 34.4 Å². The number of fused-ring (bicyclic) bond motifs is 2. The lowest BCUT2D eigenvalue weighted by atomic mass is 10.1. The molecule has 0 saturated carbocycles. The number of nitrogen functional groups attached to an aromatic ring is 1. The molecule has 3 heterocycles. The first-order chi connectivity index (χ1) is 14.1. The van der Waals surface area contributed by atoms with Crippen molar-refractivity contribution in [2.75, 3.05) is 11.1 Å². The third-order valence-electron chi connectivity index (χ3n) is 4.65. The van der Waals surface area contributed by atoms with E-state index in [4.69, 9.17) is 10.5 Å². The Labute approximate surface area is 163 Å². The Kier molecular flexibility index (Phi) is 3.76. The largest absolute Gasteiger partial charge is 0.457 e. The molecule has 4 aromatic rings. The summed E-state index contributed by atoms with van der Waals surface area (Å²) in [6, 6.07) is 12.4. The van der Waals surface area contributed by atoms with Gasteiger partial charge in [-0.1, -0.05) is 12.1 Å². The first-order valence-electron chi connectivity index (χ1n) is 8.74. The fourth-order valence-corrected chi connectivity index (χ4v) is 3.32. The highest BCUT2D eigenvalue weighted by molar-refractivity contribution is 5.96. The molecule has 0 radical (unpaired) electrons. The highest BCUT2D eigenvalue weighted by Gasteiger charge is 2.23. The van der Waals surface area contributed by atoms with Gasteiger partial charge in [-0.15, -0.1) is 0 Å². The number of para-hydroxylation sites is 2. The first kappa shape index (κ1) is 16.9. The van der Waals surface area contributed by atoms with Gasteiger partial charge in [-0.25, -0.2) is 14.4 Å². The molecule has 2 aromatic heterocycles. The van der Waals surface area contributed by atoms with E-state index in [9.17, 15) is 9.59 Å². The third-order valence-corrected chi connectivity index (χ3v) is 4.65. The van der Waals surface area contributed by atoms with Gasteiger partial charge in [-0.3, -0.25) is 4.79 Å². The third kappa shape index (κ3) is 2.87. The van der Waals surface area contributed by atoms with Crippen LogP contribution < -0.4 is 11.1 Å². The van der Waals surface area contributed by atoms with E-state index < -0.39 is 0 Å². The number of nitrogens with two attached hydrogens (primary N) is 1. The Hall–Kier alpha value is -4.21. The van der Waals surface area contributed by atoms with Crippen molar-refractivity contribution in [1.29, 1.82) is 0 Å². The number of carbonyl (C=O) groups excluding carboxylic acids is 2. The lowest BCUT2D eigenvalue weighted by molar-refractivity contribution is -0.116. The highest BCUT2D eigenvalue weighted by Crippen LogP contribution is 2.27. The Balaban J connectivity index is 1.46. The molecule has 10 nitrogen and oxygen atoms in total. The summed E-state index contributed by atoms with van der Waals surface area (Å²) in [5, 5.41) is 10.2. The summed E-state index contributed by atoms with van der Waals surface area (Å²) in [7, 11) is 0. The number of hydrogen-bond donors (Lipinski definition) is 2. The molecule has 5 rings (SSSR count). The molecule has 3 N–H and O–H groups in total. The van der Waals surface area contributed by atoms with Crippen LogP contribution in [0.3, 0.4) is 0 Å². The number of aromatic nitrogens is 4. The molecule has 0 atom stereocenters. The second-order valence-electron chi connectivity index (χ2n) is 6.50. The van der Waals surface area contributed by atoms with E-state index in [-0.39, 0.29) is 36.5 Å². The van der Waals surface area contributed by atoms with Crippen LogP contribution in [0.1, 0.15) is 15.9 Å². The number of carbonyl (C=O) groups is 2. The molecule has 0 spiro atoms. The number of anilines is 2. The van der Waals surface area contributed by atoms with Crippen LogP contribution >= 0.6 is 0 Å². The van der Waals surface area contributed by atoms with Crippen LogP contribution in [-0.2, 0) is 22.7 Å². The average Bonchev–Trinajstić information content (AvgIpc) is 3.40. The van der Waals surface area contributed by atoms with E-state index in [1.807, 2.05) is 24.3 Å². The minimum atomic E-state index is -0.355. The van der Waals surface area contributed by atoms with Gasteiger partial charge in [0.1, 0.15) is 13.2 Å². The SMILES string of the molecule is Nc1nonc1-c1nc2ccccc2n1CC(=O)Nc1ccc2c(c1)COC2=O. The highest BCUT2D eigenvalue weighted by atomic mass is 16.6. The fraction of sp³-hybridized carbons (Fsp3) is 0.105. The second-order valence-corrected chi connectivity index (χ2v) is 6.50. The van der Waals surface area contributed by atoms with Gasteiger partial charge < -0.3 is 20.4 Å². The Bertz CT molecular complexity index is 1270. The van der Waals surface area contributed by atoms with Gasteiger partial charge in [-0.05, 0) is 40.6 Å². The number of amides is 1. The Morgan fingerprint density at radius 3 is 2.90 bits per heavy atom. The molecule has 1 amide bonds. The Morgan fingerprint density at radius 2 is 2.07 bits per heavy atom. The molecule has 1 aliphatic heterocycles. The van der Waals surface area contributed by atoms with Crippen LogP contribution in [0.2, 0.25) is 0 Å². The topological polar surface area (TPSA) is 138 Å². The van der Waals surface area contributed by atoms with Crippen LogP contribution in [0.25, 0.3) is 22.6 Å². The van der Waals surface area contributed by atoms with Gasteiger partial charge in [-0.2, -0.15) is 0 Å². The summed E-state index contributed by atoms with van der Waals surface area (Å²) in [6.45, 7) is 0.168. The van der Waals surface area contributed by atoms with Crippen LogP contribution in [0.5, 0.6) is 0 Å². The van der Waals surface area contributed by atoms with Gasteiger partial charge in [0.2, 0.25) is 5.91 Å². The van der Waals surface area contributed by atoms with Crippen LogP contribution in [0, 0.1) is 0 Å². The lowest BCUT2D eigenvalue weighted by Gasteiger charge is -2.09. The molecule has 0 unspecified atom stereocenters. The standard InChI is InChI=1S/C19H14N6O4/c20-17-16(23-29-24-17)18-22-13-3-1-2-4-14(13)25(18)8-15(26)21-11-5-6-12-10(7-11)9-28-19(12)27/h1-7H,8-9H2,(H2,20,24)(H,21,26). The van der Waals surface area contributed by atoms with Crippen molar-refractivity contribution < 1.29 is 19.0 Å². The molecule has 0 saturated heterocycles. The van der Waals surface area contributed by atoms with Gasteiger partial charge in [0.25, 0.3) is 0 Å². The predicted molar refractivity (Wildman–Crippen MR) is 102 cm³/mol. The summed E-state index contributed by atoms with van der Waals surface area (Å²) >= 11 is 0. The number of rotatable bonds is 4. The summed E-state index contributed by atoms with van der Waals surface area (Å²) in [4.78, 5) is 28.8. The number of hydrogen-bond acceptors (Lipinski definition) is 8. The van der Waals surface area contributed by atoms with Gasteiger partial charge in [0.15, 0.2) is 17.3 Å². The molecular weight excluding hydrogens is 376 g/mol.